The van der Waals surface area contributed by atoms with Gasteiger partial charge in [0.25, 0.3) is 0 Å². The minimum atomic E-state index is -0.0676. The standard InChI is InChI=1S/C23H22N4O2S/c1-15-8-9-16(2)18(12-15)25-22(28)14-30-23-20-13-19(26-27(20)11-10-24-23)17-6-4-5-7-21(17)29-3/h4-13H,14H2,1-3H3,(H,25,28). The lowest BCUT2D eigenvalue weighted by Crippen LogP contribution is -2.15. The Morgan fingerprint density at radius 3 is 2.83 bits per heavy atom. The molecule has 2 aromatic carbocycles. The summed E-state index contributed by atoms with van der Waals surface area (Å²) in [5, 5.41) is 8.39. The molecule has 0 aliphatic carbocycles. The lowest BCUT2D eigenvalue weighted by molar-refractivity contribution is -0.113. The van der Waals surface area contributed by atoms with E-state index in [0.29, 0.717) is 0 Å². The molecule has 0 aliphatic heterocycles. The van der Waals surface area contributed by atoms with Gasteiger partial charge in [0.2, 0.25) is 5.91 Å². The van der Waals surface area contributed by atoms with Gasteiger partial charge in [0, 0.05) is 23.6 Å². The summed E-state index contributed by atoms with van der Waals surface area (Å²) in [6, 6.07) is 15.7. The zero-order valence-corrected chi connectivity index (χ0v) is 17.9. The number of hydrogen-bond donors (Lipinski definition) is 1. The average Bonchev–Trinajstić information content (AvgIpc) is 3.19. The molecule has 6 nitrogen and oxygen atoms in total. The first-order valence-electron chi connectivity index (χ1n) is 9.53. The fourth-order valence-electron chi connectivity index (χ4n) is 3.19. The molecule has 0 atom stereocenters. The Morgan fingerprint density at radius 2 is 2.00 bits per heavy atom. The van der Waals surface area contributed by atoms with Gasteiger partial charge in [-0.3, -0.25) is 4.79 Å². The van der Waals surface area contributed by atoms with Gasteiger partial charge in [-0.25, -0.2) is 9.50 Å². The maximum Gasteiger partial charge on any atom is 0.234 e. The van der Waals surface area contributed by atoms with E-state index in [1.54, 1.807) is 24.0 Å². The quantitative estimate of drug-likeness (QED) is 0.458. The molecule has 0 aliphatic rings. The van der Waals surface area contributed by atoms with E-state index >= 15 is 0 Å². The number of hydrogen-bond acceptors (Lipinski definition) is 5. The van der Waals surface area contributed by atoms with E-state index in [0.717, 1.165) is 44.4 Å². The Labute approximate surface area is 179 Å². The third kappa shape index (κ3) is 4.16. The van der Waals surface area contributed by atoms with Crippen LogP contribution in [0, 0.1) is 13.8 Å². The van der Waals surface area contributed by atoms with Crippen LogP contribution in [0.15, 0.2) is 66.0 Å². The molecule has 1 N–H and O–H groups in total. The highest BCUT2D eigenvalue weighted by molar-refractivity contribution is 8.00. The number of ether oxygens (including phenoxy) is 1. The molecule has 0 fully saturated rings. The zero-order valence-electron chi connectivity index (χ0n) is 17.0. The monoisotopic (exact) mass is 418 g/mol. The summed E-state index contributed by atoms with van der Waals surface area (Å²) in [7, 11) is 1.64. The number of thioether (sulfide) groups is 1. The Kier molecular flexibility index (Phi) is 5.72. The summed E-state index contributed by atoms with van der Waals surface area (Å²) < 4.78 is 7.23. The van der Waals surface area contributed by atoms with Gasteiger partial charge in [-0.2, -0.15) is 5.10 Å². The molecule has 2 heterocycles. The minimum absolute atomic E-state index is 0.0676. The SMILES string of the molecule is COc1ccccc1-c1cc2c(SCC(=O)Nc3cc(C)ccc3C)nccn2n1. The lowest BCUT2D eigenvalue weighted by atomic mass is 10.1. The van der Waals surface area contributed by atoms with Crippen LogP contribution in [0.5, 0.6) is 5.75 Å². The molecule has 0 saturated carbocycles. The smallest absolute Gasteiger partial charge is 0.234 e. The van der Waals surface area contributed by atoms with Crippen LogP contribution in [0.1, 0.15) is 11.1 Å². The van der Waals surface area contributed by atoms with Gasteiger partial charge < -0.3 is 10.1 Å². The van der Waals surface area contributed by atoms with Crippen LogP contribution >= 0.6 is 11.8 Å². The first-order chi connectivity index (χ1) is 14.5. The largest absolute Gasteiger partial charge is 0.496 e. The maximum atomic E-state index is 12.5. The number of carbonyl (C=O) groups is 1. The van der Waals surface area contributed by atoms with Crippen LogP contribution in [0.3, 0.4) is 0 Å². The van der Waals surface area contributed by atoms with Crippen molar-refractivity contribution >= 4 is 28.9 Å². The van der Waals surface area contributed by atoms with Gasteiger partial charge >= 0.3 is 0 Å². The van der Waals surface area contributed by atoms with Crippen LogP contribution < -0.4 is 10.1 Å². The van der Waals surface area contributed by atoms with Crippen molar-refractivity contribution in [2.75, 3.05) is 18.2 Å². The van der Waals surface area contributed by atoms with E-state index in [1.807, 2.05) is 62.4 Å². The van der Waals surface area contributed by atoms with Crippen molar-refractivity contribution in [3.63, 3.8) is 0 Å². The van der Waals surface area contributed by atoms with Gasteiger partial charge in [-0.1, -0.05) is 36.0 Å². The lowest BCUT2D eigenvalue weighted by Gasteiger charge is -2.09. The molecule has 4 aromatic rings. The fraction of sp³-hybridized carbons (Fsp3) is 0.174. The molecule has 0 radical (unpaired) electrons. The van der Waals surface area contributed by atoms with Gasteiger partial charge in [0.05, 0.1) is 24.1 Å². The number of methoxy groups -OCH3 is 1. The van der Waals surface area contributed by atoms with Gasteiger partial charge in [0.1, 0.15) is 10.8 Å². The van der Waals surface area contributed by atoms with Crippen molar-refractivity contribution < 1.29 is 9.53 Å². The molecule has 2 aromatic heterocycles. The number of fused-ring (bicyclic) bond motifs is 1. The second-order valence-corrected chi connectivity index (χ2v) is 7.91. The Bertz CT molecular complexity index is 1220. The Morgan fingerprint density at radius 1 is 1.17 bits per heavy atom. The zero-order chi connectivity index (χ0) is 21.1. The minimum Gasteiger partial charge on any atom is -0.496 e. The van der Waals surface area contributed by atoms with E-state index in [2.05, 4.69) is 15.4 Å². The Balaban J connectivity index is 1.54. The second kappa shape index (κ2) is 8.59. The maximum absolute atomic E-state index is 12.5. The summed E-state index contributed by atoms with van der Waals surface area (Å²) in [4.78, 5) is 17.0. The van der Waals surface area contributed by atoms with Crippen LogP contribution in [0.2, 0.25) is 0 Å². The van der Waals surface area contributed by atoms with Gasteiger partial charge in [-0.05, 0) is 49.2 Å². The third-order valence-electron chi connectivity index (χ3n) is 4.74. The Hall–Kier alpha value is -3.32. The van der Waals surface area contributed by atoms with Crippen molar-refractivity contribution in [3.05, 3.63) is 72.1 Å². The highest BCUT2D eigenvalue weighted by Crippen LogP contribution is 2.31. The van der Waals surface area contributed by atoms with Crippen molar-refractivity contribution in [3.8, 4) is 17.0 Å². The van der Waals surface area contributed by atoms with E-state index in [-0.39, 0.29) is 11.7 Å². The predicted molar refractivity (Wildman–Crippen MR) is 120 cm³/mol. The van der Waals surface area contributed by atoms with E-state index in [4.69, 9.17) is 4.74 Å². The van der Waals surface area contributed by atoms with Crippen LogP contribution in [0.4, 0.5) is 5.69 Å². The number of nitrogens with one attached hydrogen (secondary N) is 1. The number of carbonyl (C=O) groups excluding carboxylic acids is 1. The van der Waals surface area contributed by atoms with Crippen LogP contribution in [-0.4, -0.2) is 33.4 Å². The second-order valence-electron chi connectivity index (χ2n) is 6.95. The fourth-order valence-corrected chi connectivity index (χ4v) is 3.96. The van der Waals surface area contributed by atoms with Crippen molar-refractivity contribution in [2.24, 2.45) is 0 Å². The van der Waals surface area contributed by atoms with Crippen LogP contribution in [0.25, 0.3) is 16.8 Å². The molecule has 4 rings (SSSR count). The molecular formula is C23H22N4O2S. The van der Waals surface area contributed by atoms with E-state index in [9.17, 15) is 4.79 Å². The van der Waals surface area contributed by atoms with Gasteiger partial charge in [-0.15, -0.1) is 0 Å². The molecule has 30 heavy (non-hydrogen) atoms. The number of para-hydroxylation sites is 1. The number of aromatic nitrogens is 3. The van der Waals surface area contributed by atoms with E-state index in [1.165, 1.54) is 11.8 Å². The highest BCUT2D eigenvalue weighted by Gasteiger charge is 2.14. The number of benzene rings is 2. The topological polar surface area (TPSA) is 68.5 Å². The summed E-state index contributed by atoms with van der Waals surface area (Å²) in [6.45, 7) is 3.99. The number of amides is 1. The van der Waals surface area contributed by atoms with Gasteiger partial charge in [0.15, 0.2) is 0 Å². The third-order valence-corrected chi connectivity index (χ3v) is 5.74. The number of aryl methyl sites for hydroxylation is 2. The first kappa shape index (κ1) is 20.0. The number of nitrogens with zero attached hydrogens (tertiary/aromatic N) is 3. The first-order valence-corrected chi connectivity index (χ1v) is 10.5. The molecule has 0 unspecified atom stereocenters. The summed E-state index contributed by atoms with van der Waals surface area (Å²) >= 11 is 1.39. The van der Waals surface area contributed by atoms with Crippen molar-refractivity contribution in [1.29, 1.82) is 0 Å². The molecule has 7 heteroatoms. The molecule has 0 bridgehead atoms. The summed E-state index contributed by atoms with van der Waals surface area (Å²) in [6.07, 6.45) is 3.49. The predicted octanol–water partition coefficient (Wildman–Crippen LogP) is 4.75. The van der Waals surface area contributed by atoms with Crippen molar-refractivity contribution in [1.82, 2.24) is 14.6 Å². The summed E-state index contributed by atoms with van der Waals surface area (Å²) in [5.74, 6) is 0.952. The average molecular weight is 419 g/mol. The highest BCUT2D eigenvalue weighted by atomic mass is 32.2. The summed E-state index contributed by atoms with van der Waals surface area (Å²) in [5.41, 5.74) is 5.54. The van der Waals surface area contributed by atoms with Crippen LogP contribution in [-0.2, 0) is 4.79 Å². The molecule has 0 spiro atoms. The normalized spacial score (nSPS) is 10.9. The molecular weight excluding hydrogens is 396 g/mol. The number of anilines is 1. The molecule has 0 saturated heterocycles. The van der Waals surface area contributed by atoms with Crippen molar-refractivity contribution in [2.45, 2.75) is 18.9 Å². The number of rotatable bonds is 6. The molecule has 1 amide bonds. The molecule has 152 valence electrons. The van der Waals surface area contributed by atoms with E-state index < -0.39 is 0 Å².